The van der Waals surface area contributed by atoms with Gasteiger partial charge >= 0.3 is 0 Å². The molecule has 0 unspecified atom stereocenters. The van der Waals surface area contributed by atoms with Crippen LogP contribution in [0.15, 0.2) is 80.7 Å². The molecule has 0 saturated carbocycles. The van der Waals surface area contributed by atoms with E-state index in [-0.39, 0.29) is 11.4 Å². The van der Waals surface area contributed by atoms with Crippen LogP contribution in [0.25, 0.3) is 0 Å². The van der Waals surface area contributed by atoms with Crippen molar-refractivity contribution >= 4 is 31.6 Å². The van der Waals surface area contributed by atoms with Gasteiger partial charge in [-0.3, -0.25) is 4.31 Å². The van der Waals surface area contributed by atoms with E-state index in [2.05, 4.69) is 15.9 Å². The van der Waals surface area contributed by atoms with Gasteiger partial charge in [-0.25, -0.2) is 8.42 Å². The fraction of sp³-hybridized carbons (Fsp3) is 0.111. The molecular weight excluding hydrogens is 390 g/mol. The van der Waals surface area contributed by atoms with Gasteiger partial charge in [0.1, 0.15) is 10.7 Å². The van der Waals surface area contributed by atoms with E-state index in [9.17, 15) is 8.42 Å². The molecule has 1 heterocycles. The van der Waals surface area contributed by atoms with Crippen molar-refractivity contribution < 1.29 is 12.8 Å². The van der Waals surface area contributed by atoms with Crippen LogP contribution in [0.3, 0.4) is 0 Å². The molecule has 0 saturated heterocycles. The van der Waals surface area contributed by atoms with E-state index in [1.165, 1.54) is 10.6 Å². The third-order valence-corrected chi connectivity index (χ3v) is 6.33. The number of sulfonamides is 1. The first kappa shape index (κ1) is 16.8. The minimum absolute atomic E-state index is 0.125. The molecule has 124 valence electrons. The topological polar surface area (TPSA) is 50.5 Å². The molecule has 3 rings (SSSR count). The first-order chi connectivity index (χ1) is 11.5. The van der Waals surface area contributed by atoms with Crippen LogP contribution in [0.4, 0.5) is 5.69 Å². The summed E-state index contributed by atoms with van der Waals surface area (Å²) in [6.07, 6.45) is 1.53. The van der Waals surface area contributed by atoms with E-state index >= 15 is 0 Å². The summed E-state index contributed by atoms with van der Waals surface area (Å²) in [5, 5.41) is 0. The summed E-state index contributed by atoms with van der Waals surface area (Å²) in [5.74, 6) is 0.575. The summed E-state index contributed by atoms with van der Waals surface area (Å²) in [6.45, 7) is 2.04. The lowest BCUT2D eigenvalue weighted by molar-refractivity contribution is 0.508. The lowest BCUT2D eigenvalue weighted by Crippen LogP contribution is -2.30. The summed E-state index contributed by atoms with van der Waals surface area (Å²) in [6, 6.07) is 17.7. The quantitative estimate of drug-likeness (QED) is 0.615. The van der Waals surface area contributed by atoms with E-state index in [0.29, 0.717) is 15.9 Å². The zero-order valence-electron chi connectivity index (χ0n) is 13.0. The molecule has 0 radical (unpaired) electrons. The first-order valence-corrected chi connectivity index (χ1v) is 9.58. The molecule has 24 heavy (non-hydrogen) atoms. The zero-order chi connectivity index (χ0) is 17.2. The normalized spacial score (nSPS) is 11.4. The number of aryl methyl sites for hydroxylation is 1. The number of nitrogens with zero attached hydrogens (tertiary/aromatic N) is 1. The number of benzene rings is 2. The summed E-state index contributed by atoms with van der Waals surface area (Å²) in [7, 11) is -3.75. The van der Waals surface area contributed by atoms with Crippen LogP contribution in [0, 0.1) is 6.92 Å². The van der Waals surface area contributed by atoms with Gasteiger partial charge in [0.05, 0.1) is 18.5 Å². The van der Waals surface area contributed by atoms with E-state index < -0.39 is 10.0 Å². The van der Waals surface area contributed by atoms with Crippen molar-refractivity contribution in [1.82, 2.24) is 0 Å². The Morgan fingerprint density at radius 3 is 2.42 bits per heavy atom. The van der Waals surface area contributed by atoms with Crippen molar-refractivity contribution in [1.29, 1.82) is 0 Å². The van der Waals surface area contributed by atoms with E-state index in [1.54, 1.807) is 42.5 Å². The van der Waals surface area contributed by atoms with Gasteiger partial charge in [0.2, 0.25) is 0 Å². The molecule has 0 spiro atoms. The summed E-state index contributed by atoms with van der Waals surface area (Å²) < 4.78 is 33.7. The molecule has 0 aliphatic heterocycles. The maximum atomic E-state index is 13.2. The number of para-hydroxylation sites is 1. The molecule has 2 aromatic carbocycles. The SMILES string of the molecule is Cc1ccc(S(=O)(=O)N(Cc2ccco2)c2ccccc2)c(Br)c1. The van der Waals surface area contributed by atoms with Crippen molar-refractivity contribution in [3.8, 4) is 0 Å². The Hall–Kier alpha value is -2.05. The minimum Gasteiger partial charge on any atom is -0.467 e. The minimum atomic E-state index is -3.75. The predicted molar refractivity (Wildman–Crippen MR) is 97.4 cm³/mol. The van der Waals surface area contributed by atoms with Gasteiger partial charge in [0.15, 0.2) is 0 Å². The van der Waals surface area contributed by atoms with Gasteiger partial charge in [-0.05, 0) is 64.8 Å². The molecular formula is C18H16BrNO3S. The molecule has 0 amide bonds. The van der Waals surface area contributed by atoms with Crippen molar-refractivity contribution in [3.63, 3.8) is 0 Å². The lowest BCUT2D eigenvalue weighted by Gasteiger charge is -2.24. The highest BCUT2D eigenvalue weighted by Crippen LogP contribution is 2.30. The Labute approximate surface area is 149 Å². The van der Waals surface area contributed by atoms with Crippen LogP contribution in [0.5, 0.6) is 0 Å². The Morgan fingerprint density at radius 1 is 1.04 bits per heavy atom. The first-order valence-electron chi connectivity index (χ1n) is 7.35. The van der Waals surface area contributed by atoms with Crippen LogP contribution in [-0.4, -0.2) is 8.42 Å². The van der Waals surface area contributed by atoms with E-state index in [1.807, 2.05) is 25.1 Å². The van der Waals surface area contributed by atoms with Gasteiger partial charge in [0.25, 0.3) is 10.0 Å². The number of halogens is 1. The number of hydrogen-bond donors (Lipinski definition) is 0. The number of furan rings is 1. The summed E-state index contributed by atoms with van der Waals surface area (Å²) >= 11 is 3.37. The van der Waals surface area contributed by atoms with Gasteiger partial charge in [-0.1, -0.05) is 24.3 Å². The highest BCUT2D eigenvalue weighted by atomic mass is 79.9. The summed E-state index contributed by atoms with van der Waals surface area (Å²) in [4.78, 5) is 0.225. The second-order valence-electron chi connectivity index (χ2n) is 5.36. The fourth-order valence-corrected chi connectivity index (χ4v) is 4.97. The average Bonchev–Trinajstić information content (AvgIpc) is 3.06. The van der Waals surface area contributed by atoms with Gasteiger partial charge in [-0.2, -0.15) is 0 Å². The molecule has 0 atom stereocenters. The van der Waals surface area contributed by atoms with Crippen LogP contribution < -0.4 is 4.31 Å². The van der Waals surface area contributed by atoms with Crippen LogP contribution in [0.2, 0.25) is 0 Å². The van der Waals surface area contributed by atoms with Crippen LogP contribution >= 0.6 is 15.9 Å². The Morgan fingerprint density at radius 2 is 1.79 bits per heavy atom. The second-order valence-corrected chi connectivity index (χ2v) is 8.05. The Balaban J connectivity index is 2.10. The maximum Gasteiger partial charge on any atom is 0.265 e. The molecule has 6 heteroatoms. The molecule has 0 aliphatic carbocycles. The highest BCUT2D eigenvalue weighted by molar-refractivity contribution is 9.10. The number of rotatable bonds is 5. The Bertz CT molecular complexity index is 922. The monoisotopic (exact) mass is 405 g/mol. The van der Waals surface area contributed by atoms with Gasteiger partial charge in [-0.15, -0.1) is 0 Å². The smallest absolute Gasteiger partial charge is 0.265 e. The van der Waals surface area contributed by atoms with Crippen LogP contribution in [-0.2, 0) is 16.6 Å². The maximum absolute atomic E-state index is 13.2. The Kier molecular flexibility index (Phi) is 4.78. The molecule has 0 fully saturated rings. The molecule has 0 aliphatic rings. The van der Waals surface area contributed by atoms with E-state index in [0.717, 1.165) is 5.56 Å². The molecule has 0 N–H and O–H groups in total. The number of hydrogen-bond acceptors (Lipinski definition) is 3. The second kappa shape index (κ2) is 6.83. The fourth-order valence-electron chi connectivity index (χ4n) is 2.39. The predicted octanol–water partition coefficient (Wildman–Crippen LogP) is 4.75. The largest absolute Gasteiger partial charge is 0.467 e. The summed E-state index contributed by atoms with van der Waals surface area (Å²) in [5.41, 5.74) is 1.57. The van der Waals surface area contributed by atoms with Crippen molar-refractivity contribution in [2.24, 2.45) is 0 Å². The van der Waals surface area contributed by atoms with Crippen molar-refractivity contribution in [3.05, 3.63) is 82.7 Å². The van der Waals surface area contributed by atoms with Crippen molar-refractivity contribution in [2.75, 3.05) is 4.31 Å². The standard InChI is InChI=1S/C18H16BrNO3S/c1-14-9-10-18(17(19)12-14)24(21,22)20(13-16-8-5-11-23-16)15-6-3-2-4-7-15/h2-12H,13H2,1H3. The average molecular weight is 406 g/mol. The van der Waals surface area contributed by atoms with Gasteiger partial charge in [0, 0.05) is 4.47 Å². The number of anilines is 1. The molecule has 1 aromatic heterocycles. The molecule has 0 bridgehead atoms. The molecule has 3 aromatic rings. The third-order valence-electron chi connectivity index (χ3n) is 3.58. The van der Waals surface area contributed by atoms with Gasteiger partial charge < -0.3 is 4.42 Å². The highest BCUT2D eigenvalue weighted by Gasteiger charge is 2.27. The van der Waals surface area contributed by atoms with Crippen molar-refractivity contribution in [2.45, 2.75) is 18.4 Å². The van der Waals surface area contributed by atoms with E-state index in [4.69, 9.17) is 4.42 Å². The van der Waals surface area contributed by atoms with Crippen LogP contribution in [0.1, 0.15) is 11.3 Å². The lowest BCUT2D eigenvalue weighted by atomic mass is 10.2. The molecule has 4 nitrogen and oxygen atoms in total. The third kappa shape index (κ3) is 3.39. The zero-order valence-corrected chi connectivity index (χ0v) is 15.4.